The molecule has 1 atom stereocenters. The average molecular weight is 221 g/mol. The standard InChI is InChI=1S/C14H20FN/c15-14-8-4-3-7-12(14)10-13(16)9-11-5-1-2-6-11/h3-4,7-8,11,13H,1-2,5-6,9-10,16H2. The van der Waals surface area contributed by atoms with Gasteiger partial charge in [0.05, 0.1) is 0 Å². The Kier molecular flexibility index (Phi) is 3.94. The van der Waals surface area contributed by atoms with Gasteiger partial charge in [0.15, 0.2) is 0 Å². The highest BCUT2D eigenvalue weighted by Gasteiger charge is 2.18. The Labute approximate surface area is 96.9 Å². The van der Waals surface area contributed by atoms with Crippen molar-refractivity contribution in [2.45, 2.75) is 44.6 Å². The van der Waals surface area contributed by atoms with Crippen LogP contribution < -0.4 is 5.73 Å². The van der Waals surface area contributed by atoms with E-state index in [1.54, 1.807) is 6.07 Å². The van der Waals surface area contributed by atoms with Gasteiger partial charge in [-0.05, 0) is 30.4 Å². The smallest absolute Gasteiger partial charge is 0.126 e. The Morgan fingerprint density at radius 2 is 1.94 bits per heavy atom. The van der Waals surface area contributed by atoms with E-state index >= 15 is 0 Å². The van der Waals surface area contributed by atoms with Crippen molar-refractivity contribution in [2.24, 2.45) is 11.7 Å². The maximum Gasteiger partial charge on any atom is 0.126 e. The Balaban J connectivity index is 1.86. The van der Waals surface area contributed by atoms with Crippen molar-refractivity contribution in [3.63, 3.8) is 0 Å². The fourth-order valence-corrected chi connectivity index (χ4v) is 2.70. The molecule has 0 radical (unpaired) electrons. The zero-order valence-corrected chi connectivity index (χ0v) is 9.66. The summed E-state index contributed by atoms with van der Waals surface area (Å²) in [5, 5.41) is 0. The van der Waals surface area contributed by atoms with Gasteiger partial charge in [-0.1, -0.05) is 43.9 Å². The Hall–Kier alpha value is -0.890. The zero-order chi connectivity index (χ0) is 11.4. The maximum atomic E-state index is 13.4. The van der Waals surface area contributed by atoms with Crippen LogP contribution in [0, 0.1) is 11.7 Å². The van der Waals surface area contributed by atoms with Crippen molar-refractivity contribution in [3.05, 3.63) is 35.6 Å². The van der Waals surface area contributed by atoms with Crippen LogP contribution in [0.2, 0.25) is 0 Å². The van der Waals surface area contributed by atoms with Crippen LogP contribution in [0.3, 0.4) is 0 Å². The monoisotopic (exact) mass is 221 g/mol. The average Bonchev–Trinajstić information content (AvgIpc) is 2.74. The van der Waals surface area contributed by atoms with Crippen molar-refractivity contribution in [1.29, 1.82) is 0 Å². The Morgan fingerprint density at radius 1 is 1.25 bits per heavy atom. The molecule has 0 heterocycles. The molecule has 0 aliphatic heterocycles. The molecule has 1 saturated carbocycles. The Morgan fingerprint density at radius 3 is 2.62 bits per heavy atom. The first kappa shape index (κ1) is 11.6. The molecule has 16 heavy (non-hydrogen) atoms. The molecule has 1 aliphatic carbocycles. The predicted octanol–water partition coefficient (Wildman–Crippen LogP) is 3.28. The molecule has 1 fully saturated rings. The van der Waals surface area contributed by atoms with E-state index in [-0.39, 0.29) is 11.9 Å². The summed E-state index contributed by atoms with van der Waals surface area (Å²) >= 11 is 0. The fraction of sp³-hybridized carbons (Fsp3) is 0.571. The number of rotatable bonds is 4. The molecule has 1 aromatic carbocycles. The predicted molar refractivity (Wildman–Crippen MR) is 64.7 cm³/mol. The molecule has 0 amide bonds. The van der Waals surface area contributed by atoms with Gasteiger partial charge in [0, 0.05) is 6.04 Å². The van der Waals surface area contributed by atoms with Gasteiger partial charge >= 0.3 is 0 Å². The molecule has 0 saturated heterocycles. The van der Waals surface area contributed by atoms with Crippen LogP contribution in [-0.4, -0.2) is 6.04 Å². The lowest BCUT2D eigenvalue weighted by molar-refractivity contribution is 0.436. The number of benzene rings is 1. The molecular formula is C14H20FN. The van der Waals surface area contributed by atoms with Gasteiger partial charge in [0.1, 0.15) is 5.82 Å². The zero-order valence-electron chi connectivity index (χ0n) is 9.66. The van der Waals surface area contributed by atoms with E-state index in [0.717, 1.165) is 17.9 Å². The van der Waals surface area contributed by atoms with Crippen molar-refractivity contribution >= 4 is 0 Å². The topological polar surface area (TPSA) is 26.0 Å². The third kappa shape index (κ3) is 3.05. The van der Waals surface area contributed by atoms with E-state index in [9.17, 15) is 4.39 Å². The van der Waals surface area contributed by atoms with Gasteiger partial charge < -0.3 is 5.73 Å². The van der Waals surface area contributed by atoms with Gasteiger partial charge in [-0.15, -0.1) is 0 Å². The summed E-state index contributed by atoms with van der Waals surface area (Å²) in [4.78, 5) is 0. The van der Waals surface area contributed by atoms with Crippen LogP contribution >= 0.6 is 0 Å². The van der Waals surface area contributed by atoms with Gasteiger partial charge in [-0.3, -0.25) is 0 Å². The van der Waals surface area contributed by atoms with E-state index in [1.165, 1.54) is 31.7 Å². The molecule has 2 N–H and O–H groups in total. The summed E-state index contributed by atoms with van der Waals surface area (Å²) in [5.74, 6) is 0.658. The Bertz CT molecular complexity index is 331. The van der Waals surface area contributed by atoms with Crippen LogP contribution in [0.1, 0.15) is 37.7 Å². The summed E-state index contributed by atoms with van der Waals surface area (Å²) in [6.07, 6.45) is 7.03. The van der Waals surface area contributed by atoms with Gasteiger partial charge in [-0.25, -0.2) is 4.39 Å². The highest BCUT2D eigenvalue weighted by atomic mass is 19.1. The summed E-state index contributed by atoms with van der Waals surface area (Å²) in [6.45, 7) is 0. The molecule has 1 nitrogen and oxygen atoms in total. The van der Waals surface area contributed by atoms with Crippen LogP contribution in [0.15, 0.2) is 24.3 Å². The lowest BCUT2D eigenvalue weighted by Crippen LogP contribution is -2.25. The first-order valence-corrected chi connectivity index (χ1v) is 6.24. The van der Waals surface area contributed by atoms with Crippen LogP contribution in [0.4, 0.5) is 4.39 Å². The van der Waals surface area contributed by atoms with E-state index in [2.05, 4.69) is 0 Å². The second-order valence-electron chi connectivity index (χ2n) is 4.94. The van der Waals surface area contributed by atoms with Gasteiger partial charge in [-0.2, -0.15) is 0 Å². The fourth-order valence-electron chi connectivity index (χ4n) is 2.70. The summed E-state index contributed by atoms with van der Waals surface area (Å²) in [5.41, 5.74) is 6.85. The van der Waals surface area contributed by atoms with E-state index in [4.69, 9.17) is 5.73 Å². The highest BCUT2D eigenvalue weighted by molar-refractivity contribution is 5.18. The lowest BCUT2D eigenvalue weighted by atomic mass is 9.94. The minimum absolute atomic E-state index is 0.111. The van der Waals surface area contributed by atoms with Crippen LogP contribution in [-0.2, 0) is 6.42 Å². The molecule has 1 aromatic rings. The molecule has 0 spiro atoms. The molecule has 0 bridgehead atoms. The molecule has 0 aromatic heterocycles. The van der Waals surface area contributed by atoms with Gasteiger partial charge in [0.25, 0.3) is 0 Å². The minimum atomic E-state index is -0.121. The third-order valence-electron chi connectivity index (χ3n) is 3.55. The molecule has 2 heteroatoms. The summed E-state index contributed by atoms with van der Waals surface area (Å²) in [6, 6.07) is 7.06. The largest absolute Gasteiger partial charge is 0.327 e. The second kappa shape index (κ2) is 5.44. The number of hydrogen-bond donors (Lipinski definition) is 1. The number of halogens is 1. The van der Waals surface area contributed by atoms with Crippen molar-refractivity contribution in [1.82, 2.24) is 0 Å². The van der Waals surface area contributed by atoms with Crippen molar-refractivity contribution in [2.75, 3.05) is 0 Å². The maximum absolute atomic E-state index is 13.4. The first-order valence-electron chi connectivity index (χ1n) is 6.24. The van der Waals surface area contributed by atoms with E-state index in [1.807, 2.05) is 12.1 Å². The third-order valence-corrected chi connectivity index (χ3v) is 3.55. The molecular weight excluding hydrogens is 201 g/mol. The molecule has 1 aliphatic rings. The highest BCUT2D eigenvalue weighted by Crippen LogP contribution is 2.28. The normalized spacial score (nSPS) is 18.9. The SMILES string of the molecule is NC(Cc1ccccc1F)CC1CCCC1. The van der Waals surface area contributed by atoms with Crippen LogP contribution in [0.5, 0.6) is 0 Å². The first-order chi connectivity index (χ1) is 7.75. The quantitative estimate of drug-likeness (QED) is 0.829. The van der Waals surface area contributed by atoms with E-state index < -0.39 is 0 Å². The van der Waals surface area contributed by atoms with Gasteiger partial charge in [0.2, 0.25) is 0 Å². The van der Waals surface area contributed by atoms with Crippen LogP contribution in [0.25, 0.3) is 0 Å². The number of hydrogen-bond acceptors (Lipinski definition) is 1. The summed E-state index contributed by atoms with van der Waals surface area (Å²) < 4.78 is 13.4. The van der Waals surface area contributed by atoms with Crippen molar-refractivity contribution in [3.8, 4) is 0 Å². The molecule has 1 unspecified atom stereocenters. The minimum Gasteiger partial charge on any atom is -0.327 e. The lowest BCUT2D eigenvalue weighted by Gasteiger charge is -2.16. The van der Waals surface area contributed by atoms with E-state index in [0.29, 0.717) is 6.42 Å². The molecule has 2 rings (SSSR count). The molecule has 88 valence electrons. The number of nitrogens with two attached hydrogens (primary N) is 1. The second-order valence-corrected chi connectivity index (χ2v) is 4.94. The summed E-state index contributed by atoms with van der Waals surface area (Å²) in [7, 11) is 0. The van der Waals surface area contributed by atoms with Crippen molar-refractivity contribution < 1.29 is 4.39 Å².